The van der Waals surface area contributed by atoms with Crippen LogP contribution in [0, 0.1) is 0 Å². The fourth-order valence-electron chi connectivity index (χ4n) is 3.18. The van der Waals surface area contributed by atoms with E-state index >= 15 is 0 Å². The number of benzene rings is 1. The minimum atomic E-state index is -0.916. The maximum atomic E-state index is 12.6. The molecule has 0 saturated carbocycles. The van der Waals surface area contributed by atoms with E-state index in [1.807, 2.05) is 47.0 Å². The Morgan fingerprint density at radius 3 is 2.52 bits per heavy atom. The number of piperidine rings is 1. The summed E-state index contributed by atoms with van der Waals surface area (Å²) in [6.45, 7) is 1.45. The van der Waals surface area contributed by atoms with E-state index in [4.69, 9.17) is 5.11 Å². The van der Waals surface area contributed by atoms with Gasteiger partial charge >= 0.3 is 5.97 Å². The van der Waals surface area contributed by atoms with E-state index in [2.05, 4.69) is 0 Å². The number of carboxylic acid groups (broad SMARTS) is 1. The summed E-state index contributed by atoms with van der Waals surface area (Å²) >= 11 is 0. The van der Waals surface area contributed by atoms with Gasteiger partial charge in [0.1, 0.15) is 5.69 Å². The van der Waals surface area contributed by atoms with Crippen LogP contribution in [0.2, 0.25) is 0 Å². The lowest BCUT2D eigenvalue weighted by atomic mass is 9.90. The Bertz CT molecular complexity index is 718. The molecule has 0 unspecified atom stereocenters. The lowest BCUT2D eigenvalue weighted by Gasteiger charge is -2.33. The molecule has 0 aliphatic carbocycles. The molecular formula is C18H20N2O3. The standard InChI is InChI=1S/C18H20N2O3/c1-19-10-3-5-16(19)17(21)20-11-2-4-15(12-20)13-6-8-14(9-7-13)18(22)23/h3,5-10,15H,2,4,11-12H2,1H3,(H,22,23)/t15-/m1/s1. The van der Waals surface area contributed by atoms with Gasteiger partial charge in [-0.05, 0) is 42.7 Å². The fraction of sp³-hybridized carbons (Fsp3) is 0.333. The summed E-state index contributed by atoms with van der Waals surface area (Å²) in [4.78, 5) is 25.5. The summed E-state index contributed by atoms with van der Waals surface area (Å²) in [5.41, 5.74) is 2.09. The highest BCUT2D eigenvalue weighted by atomic mass is 16.4. The second-order valence-electron chi connectivity index (χ2n) is 6.02. The van der Waals surface area contributed by atoms with Crippen molar-refractivity contribution >= 4 is 11.9 Å². The van der Waals surface area contributed by atoms with Crippen LogP contribution < -0.4 is 0 Å². The number of hydrogen-bond acceptors (Lipinski definition) is 2. The molecule has 0 radical (unpaired) electrons. The van der Waals surface area contributed by atoms with Gasteiger partial charge in [0.25, 0.3) is 5.91 Å². The fourth-order valence-corrected chi connectivity index (χ4v) is 3.18. The second-order valence-corrected chi connectivity index (χ2v) is 6.02. The smallest absolute Gasteiger partial charge is 0.335 e. The van der Waals surface area contributed by atoms with E-state index in [9.17, 15) is 9.59 Å². The Kier molecular flexibility index (Phi) is 4.19. The Balaban J connectivity index is 1.74. The molecule has 2 heterocycles. The minimum absolute atomic E-state index is 0.0596. The lowest BCUT2D eigenvalue weighted by molar-refractivity contribution is 0.0690. The van der Waals surface area contributed by atoms with Crippen LogP contribution in [0.5, 0.6) is 0 Å². The number of amides is 1. The monoisotopic (exact) mass is 312 g/mol. The second kappa shape index (κ2) is 6.28. The first-order chi connectivity index (χ1) is 11.1. The third-order valence-electron chi connectivity index (χ3n) is 4.50. The first-order valence-corrected chi connectivity index (χ1v) is 7.80. The molecule has 1 aromatic heterocycles. The van der Waals surface area contributed by atoms with Gasteiger partial charge in [-0.2, -0.15) is 0 Å². The summed E-state index contributed by atoms with van der Waals surface area (Å²) in [6.07, 6.45) is 3.85. The zero-order valence-electron chi connectivity index (χ0n) is 13.1. The zero-order chi connectivity index (χ0) is 16.4. The van der Waals surface area contributed by atoms with Crippen molar-refractivity contribution in [3.63, 3.8) is 0 Å². The summed E-state index contributed by atoms with van der Waals surface area (Å²) in [5, 5.41) is 8.98. The topological polar surface area (TPSA) is 62.5 Å². The highest BCUT2D eigenvalue weighted by Gasteiger charge is 2.26. The molecule has 0 spiro atoms. The van der Waals surface area contributed by atoms with Gasteiger partial charge in [0.15, 0.2) is 0 Å². The molecule has 1 aliphatic heterocycles. The van der Waals surface area contributed by atoms with Gasteiger partial charge in [0.05, 0.1) is 5.56 Å². The Morgan fingerprint density at radius 1 is 1.17 bits per heavy atom. The van der Waals surface area contributed by atoms with Crippen molar-refractivity contribution in [3.05, 3.63) is 59.4 Å². The van der Waals surface area contributed by atoms with Gasteiger partial charge in [-0.1, -0.05) is 12.1 Å². The van der Waals surface area contributed by atoms with Gasteiger partial charge in [-0.3, -0.25) is 4.79 Å². The Morgan fingerprint density at radius 2 is 1.91 bits per heavy atom. The number of hydrogen-bond donors (Lipinski definition) is 1. The molecule has 3 rings (SSSR count). The average Bonchev–Trinajstić information content (AvgIpc) is 3.00. The molecule has 1 saturated heterocycles. The van der Waals surface area contributed by atoms with Crippen molar-refractivity contribution in [2.75, 3.05) is 13.1 Å². The van der Waals surface area contributed by atoms with E-state index in [0.29, 0.717) is 17.8 Å². The number of likely N-dealkylation sites (tertiary alicyclic amines) is 1. The molecule has 1 amide bonds. The van der Waals surface area contributed by atoms with Gasteiger partial charge in [0, 0.05) is 32.3 Å². The molecule has 1 aliphatic rings. The number of carbonyl (C=O) groups excluding carboxylic acids is 1. The Labute approximate surface area is 135 Å². The molecule has 1 aromatic carbocycles. The maximum absolute atomic E-state index is 12.6. The predicted molar refractivity (Wildman–Crippen MR) is 86.7 cm³/mol. The van der Waals surface area contributed by atoms with E-state index < -0.39 is 5.97 Å². The summed E-state index contributed by atoms with van der Waals surface area (Å²) in [7, 11) is 1.87. The minimum Gasteiger partial charge on any atom is -0.478 e. The number of aromatic nitrogens is 1. The molecular weight excluding hydrogens is 292 g/mol. The van der Waals surface area contributed by atoms with E-state index in [1.54, 1.807) is 12.1 Å². The van der Waals surface area contributed by atoms with Crippen molar-refractivity contribution in [1.82, 2.24) is 9.47 Å². The summed E-state index contributed by atoms with van der Waals surface area (Å²) in [6, 6.07) is 10.7. The third kappa shape index (κ3) is 3.13. The normalized spacial score (nSPS) is 18.0. The highest BCUT2D eigenvalue weighted by molar-refractivity contribution is 5.93. The third-order valence-corrected chi connectivity index (χ3v) is 4.50. The van der Waals surface area contributed by atoms with Gasteiger partial charge in [-0.15, -0.1) is 0 Å². The van der Waals surface area contributed by atoms with Crippen molar-refractivity contribution in [1.29, 1.82) is 0 Å². The SMILES string of the molecule is Cn1cccc1C(=O)N1CCC[C@@H](c2ccc(C(=O)O)cc2)C1. The van der Waals surface area contributed by atoms with Crippen LogP contribution in [0.4, 0.5) is 0 Å². The van der Waals surface area contributed by atoms with E-state index in [0.717, 1.165) is 24.9 Å². The van der Waals surface area contributed by atoms with Crippen LogP contribution >= 0.6 is 0 Å². The molecule has 1 fully saturated rings. The number of rotatable bonds is 3. The van der Waals surface area contributed by atoms with E-state index in [-0.39, 0.29) is 11.8 Å². The summed E-state index contributed by atoms with van der Waals surface area (Å²) in [5.74, 6) is -0.596. The molecule has 120 valence electrons. The highest BCUT2D eigenvalue weighted by Crippen LogP contribution is 2.28. The predicted octanol–water partition coefficient (Wildman–Crippen LogP) is 2.74. The molecule has 2 aromatic rings. The number of nitrogens with zero attached hydrogens (tertiary/aromatic N) is 2. The number of aryl methyl sites for hydroxylation is 1. The lowest BCUT2D eigenvalue weighted by Crippen LogP contribution is -2.39. The van der Waals surface area contributed by atoms with Crippen molar-refractivity contribution < 1.29 is 14.7 Å². The molecule has 5 heteroatoms. The largest absolute Gasteiger partial charge is 0.478 e. The molecule has 23 heavy (non-hydrogen) atoms. The quantitative estimate of drug-likeness (QED) is 0.948. The van der Waals surface area contributed by atoms with E-state index in [1.165, 1.54) is 0 Å². The Hall–Kier alpha value is -2.56. The van der Waals surface area contributed by atoms with Crippen LogP contribution in [-0.4, -0.2) is 39.5 Å². The van der Waals surface area contributed by atoms with Gasteiger partial charge < -0.3 is 14.6 Å². The van der Waals surface area contributed by atoms with Crippen molar-refractivity contribution in [2.24, 2.45) is 7.05 Å². The number of carbonyl (C=O) groups is 2. The van der Waals surface area contributed by atoms with Crippen LogP contribution in [-0.2, 0) is 7.05 Å². The van der Waals surface area contributed by atoms with Crippen molar-refractivity contribution in [3.8, 4) is 0 Å². The van der Waals surface area contributed by atoms with Gasteiger partial charge in [0.2, 0.25) is 0 Å². The zero-order valence-corrected chi connectivity index (χ0v) is 13.1. The number of carboxylic acids is 1. The summed E-state index contributed by atoms with van der Waals surface area (Å²) < 4.78 is 1.84. The van der Waals surface area contributed by atoms with Crippen LogP contribution in [0.3, 0.4) is 0 Å². The molecule has 1 N–H and O–H groups in total. The maximum Gasteiger partial charge on any atom is 0.335 e. The van der Waals surface area contributed by atoms with Crippen LogP contribution in [0.25, 0.3) is 0 Å². The molecule has 1 atom stereocenters. The average molecular weight is 312 g/mol. The first kappa shape index (κ1) is 15.3. The molecule has 0 bridgehead atoms. The number of aromatic carboxylic acids is 1. The van der Waals surface area contributed by atoms with Crippen LogP contribution in [0.15, 0.2) is 42.6 Å². The van der Waals surface area contributed by atoms with Gasteiger partial charge in [-0.25, -0.2) is 4.79 Å². The van der Waals surface area contributed by atoms with Crippen LogP contribution in [0.1, 0.15) is 45.2 Å². The first-order valence-electron chi connectivity index (χ1n) is 7.80. The van der Waals surface area contributed by atoms with Crippen molar-refractivity contribution in [2.45, 2.75) is 18.8 Å². The molecule has 5 nitrogen and oxygen atoms in total.